The van der Waals surface area contributed by atoms with Gasteiger partial charge in [0.2, 0.25) is 5.91 Å². The molecule has 3 heterocycles. The van der Waals surface area contributed by atoms with Gasteiger partial charge in [-0.2, -0.15) is 0 Å². The number of para-hydroxylation sites is 1. The summed E-state index contributed by atoms with van der Waals surface area (Å²) in [6.45, 7) is 3.54. The second kappa shape index (κ2) is 12.3. The lowest BCUT2D eigenvalue weighted by atomic mass is 9.89. The number of benzene rings is 1. The molecule has 36 heavy (non-hydrogen) atoms. The van der Waals surface area contributed by atoms with Crippen molar-refractivity contribution in [1.82, 2.24) is 20.5 Å². The smallest absolute Gasteiger partial charge is 0.319 e. The van der Waals surface area contributed by atoms with E-state index >= 15 is 0 Å². The summed E-state index contributed by atoms with van der Waals surface area (Å²) in [4.78, 5) is 45.4. The molecule has 0 atom stereocenters. The average Bonchev–Trinajstić information content (AvgIpc) is 3.41. The van der Waals surface area contributed by atoms with Gasteiger partial charge in [-0.05, 0) is 61.9 Å². The molecule has 1 aliphatic rings. The van der Waals surface area contributed by atoms with E-state index in [1.807, 2.05) is 48.7 Å². The number of carbonyl (C=O) groups excluding carboxylic acids is 3. The number of rotatable bonds is 8. The van der Waals surface area contributed by atoms with E-state index in [9.17, 15) is 14.4 Å². The molecule has 0 radical (unpaired) electrons. The number of aromatic nitrogens is 1. The molecular formula is C27H31N5O3S. The van der Waals surface area contributed by atoms with E-state index in [1.54, 1.807) is 28.4 Å². The Morgan fingerprint density at radius 2 is 1.78 bits per heavy atom. The number of pyridine rings is 1. The second-order valence-electron chi connectivity index (χ2n) is 8.80. The normalized spacial score (nSPS) is 13.8. The van der Waals surface area contributed by atoms with Gasteiger partial charge in [0.1, 0.15) is 0 Å². The van der Waals surface area contributed by atoms with E-state index in [0.29, 0.717) is 43.7 Å². The molecule has 1 fully saturated rings. The highest BCUT2D eigenvalue weighted by molar-refractivity contribution is 7.09. The molecule has 1 aromatic carbocycles. The molecule has 4 rings (SSSR count). The molecule has 188 valence electrons. The number of amides is 4. The molecule has 8 nitrogen and oxygen atoms in total. The fourth-order valence-corrected chi connectivity index (χ4v) is 5.01. The number of nitrogens with zero attached hydrogens (tertiary/aromatic N) is 2. The number of anilines is 1. The molecule has 0 aliphatic carbocycles. The third-order valence-corrected chi connectivity index (χ3v) is 7.15. The quantitative estimate of drug-likeness (QED) is 0.431. The third kappa shape index (κ3) is 6.91. The Hall–Kier alpha value is -3.72. The first-order chi connectivity index (χ1) is 17.5. The van der Waals surface area contributed by atoms with Crippen molar-refractivity contribution in [3.8, 4) is 0 Å². The van der Waals surface area contributed by atoms with Crippen molar-refractivity contribution < 1.29 is 14.4 Å². The number of aryl methyl sites for hydroxylation is 1. The van der Waals surface area contributed by atoms with E-state index in [-0.39, 0.29) is 24.3 Å². The number of piperidine rings is 1. The van der Waals surface area contributed by atoms with E-state index in [0.717, 1.165) is 17.8 Å². The van der Waals surface area contributed by atoms with E-state index in [1.165, 1.54) is 4.88 Å². The van der Waals surface area contributed by atoms with Crippen molar-refractivity contribution in [3.63, 3.8) is 0 Å². The van der Waals surface area contributed by atoms with Crippen LogP contribution in [0.25, 0.3) is 0 Å². The first-order valence-corrected chi connectivity index (χ1v) is 13.0. The molecular weight excluding hydrogens is 474 g/mol. The van der Waals surface area contributed by atoms with Crippen LogP contribution in [0.4, 0.5) is 10.5 Å². The number of nitrogens with one attached hydrogen (secondary N) is 3. The zero-order valence-electron chi connectivity index (χ0n) is 20.3. The Kier molecular flexibility index (Phi) is 8.67. The summed E-state index contributed by atoms with van der Waals surface area (Å²) >= 11 is 1.68. The molecule has 4 amide bonds. The van der Waals surface area contributed by atoms with Gasteiger partial charge < -0.3 is 20.9 Å². The van der Waals surface area contributed by atoms with Crippen molar-refractivity contribution in [1.29, 1.82) is 0 Å². The molecule has 9 heteroatoms. The van der Waals surface area contributed by atoms with Crippen LogP contribution in [0.1, 0.15) is 45.4 Å². The topological polar surface area (TPSA) is 103 Å². The second-order valence-corrected chi connectivity index (χ2v) is 9.83. The lowest BCUT2D eigenvalue weighted by Gasteiger charge is -2.32. The maximum atomic E-state index is 12.9. The van der Waals surface area contributed by atoms with Crippen molar-refractivity contribution >= 4 is 34.9 Å². The minimum absolute atomic E-state index is 0.0656. The minimum Gasteiger partial charge on any atom is -0.352 e. The van der Waals surface area contributed by atoms with Crippen LogP contribution in [0, 0.1) is 6.92 Å². The summed E-state index contributed by atoms with van der Waals surface area (Å²) in [7, 11) is 0. The number of hydrogen-bond donors (Lipinski definition) is 3. The van der Waals surface area contributed by atoms with Gasteiger partial charge in [0.05, 0.1) is 17.8 Å². The van der Waals surface area contributed by atoms with Crippen LogP contribution < -0.4 is 16.0 Å². The van der Waals surface area contributed by atoms with Crippen LogP contribution in [0.15, 0.2) is 60.0 Å². The van der Waals surface area contributed by atoms with Gasteiger partial charge in [-0.25, -0.2) is 4.79 Å². The lowest BCUT2D eigenvalue weighted by Crippen LogP contribution is -2.44. The van der Waals surface area contributed by atoms with E-state index in [4.69, 9.17) is 4.98 Å². The van der Waals surface area contributed by atoms with Crippen molar-refractivity contribution in [2.75, 3.05) is 31.5 Å². The van der Waals surface area contributed by atoms with Crippen LogP contribution in [0.5, 0.6) is 0 Å². The van der Waals surface area contributed by atoms with Gasteiger partial charge in [0.25, 0.3) is 5.91 Å². The fraction of sp³-hybridized carbons (Fsp3) is 0.333. The predicted octanol–water partition coefficient (Wildman–Crippen LogP) is 3.95. The highest BCUT2D eigenvalue weighted by atomic mass is 32.1. The van der Waals surface area contributed by atoms with Gasteiger partial charge in [-0.3, -0.25) is 14.6 Å². The Morgan fingerprint density at radius 3 is 2.50 bits per heavy atom. The van der Waals surface area contributed by atoms with Gasteiger partial charge >= 0.3 is 6.03 Å². The van der Waals surface area contributed by atoms with Crippen LogP contribution in [-0.4, -0.2) is 53.9 Å². The van der Waals surface area contributed by atoms with Crippen molar-refractivity contribution in [2.24, 2.45) is 0 Å². The first-order valence-electron chi connectivity index (χ1n) is 12.2. The monoisotopic (exact) mass is 505 g/mol. The zero-order chi connectivity index (χ0) is 25.3. The molecule has 0 saturated carbocycles. The number of carbonyl (C=O) groups is 3. The lowest BCUT2D eigenvalue weighted by molar-refractivity contribution is -0.131. The van der Waals surface area contributed by atoms with Gasteiger partial charge in [0.15, 0.2) is 0 Å². The summed E-state index contributed by atoms with van der Waals surface area (Å²) in [5, 5.41) is 10.4. The average molecular weight is 506 g/mol. The van der Waals surface area contributed by atoms with Crippen LogP contribution >= 0.6 is 11.3 Å². The van der Waals surface area contributed by atoms with Crippen LogP contribution in [0.3, 0.4) is 0 Å². The largest absolute Gasteiger partial charge is 0.352 e. The van der Waals surface area contributed by atoms with Gasteiger partial charge in [-0.15, -0.1) is 11.3 Å². The molecule has 0 bridgehead atoms. The van der Waals surface area contributed by atoms with Gasteiger partial charge in [-0.1, -0.05) is 24.3 Å². The highest BCUT2D eigenvalue weighted by Gasteiger charge is 2.28. The predicted molar refractivity (Wildman–Crippen MR) is 141 cm³/mol. The standard InChI is InChI=1S/C27H31N5O3S/c1-19-9-10-23(26(34)28-14-11-22-8-5-17-36-22)25(30-19)20-12-15-32(16-13-20)24(33)18-29-27(35)31-21-6-3-2-4-7-21/h2-10,17,20H,11-16,18H2,1H3,(H,28,34)(H2,29,31,35). The number of hydrogen-bond acceptors (Lipinski definition) is 5. The van der Waals surface area contributed by atoms with Crippen molar-refractivity contribution in [3.05, 3.63) is 81.8 Å². The molecule has 0 spiro atoms. The summed E-state index contributed by atoms with van der Waals surface area (Å²) in [5.74, 6) is -0.136. The molecule has 3 N–H and O–H groups in total. The summed E-state index contributed by atoms with van der Waals surface area (Å²) in [5.41, 5.74) is 2.94. The van der Waals surface area contributed by atoms with Crippen LogP contribution in [-0.2, 0) is 11.2 Å². The maximum Gasteiger partial charge on any atom is 0.319 e. The number of urea groups is 1. The van der Waals surface area contributed by atoms with Crippen molar-refractivity contribution in [2.45, 2.75) is 32.1 Å². The highest BCUT2D eigenvalue weighted by Crippen LogP contribution is 2.29. The number of thiophene rings is 1. The Balaban J connectivity index is 1.28. The minimum atomic E-state index is -0.414. The van der Waals surface area contributed by atoms with E-state index in [2.05, 4.69) is 22.0 Å². The van der Waals surface area contributed by atoms with Gasteiger partial charge in [0, 0.05) is 41.8 Å². The first kappa shape index (κ1) is 25.4. The SMILES string of the molecule is Cc1ccc(C(=O)NCCc2cccs2)c(C2CCN(C(=O)CNC(=O)Nc3ccccc3)CC2)n1. The number of likely N-dealkylation sites (tertiary alicyclic amines) is 1. The summed E-state index contributed by atoms with van der Waals surface area (Å²) in [6.07, 6.45) is 2.23. The Morgan fingerprint density at radius 1 is 1.00 bits per heavy atom. The molecule has 1 saturated heterocycles. The molecule has 3 aromatic rings. The molecule has 0 unspecified atom stereocenters. The molecule has 2 aromatic heterocycles. The molecule has 1 aliphatic heterocycles. The summed E-state index contributed by atoms with van der Waals surface area (Å²) < 4.78 is 0. The Bertz CT molecular complexity index is 1180. The maximum absolute atomic E-state index is 12.9. The Labute approximate surface area is 215 Å². The third-order valence-electron chi connectivity index (χ3n) is 6.21. The zero-order valence-corrected chi connectivity index (χ0v) is 21.1. The van der Waals surface area contributed by atoms with Crippen LogP contribution in [0.2, 0.25) is 0 Å². The summed E-state index contributed by atoms with van der Waals surface area (Å²) in [6, 6.07) is 16.5. The fourth-order valence-electron chi connectivity index (χ4n) is 4.30. The van der Waals surface area contributed by atoms with E-state index < -0.39 is 6.03 Å².